The van der Waals surface area contributed by atoms with E-state index in [2.05, 4.69) is 10.2 Å². The summed E-state index contributed by atoms with van der Waals surface area (Å²) in [5.41, 5.74) is 1.90. The number of hydrogen-bond donors (Lipinski definition) is 0. The van der Waals surface area contributed by atoms with Crippen molar-refractivity contribution >= 4 is 17.5 Å². The third kappa shape index (κ3) is 2.70. The summed E-state index contributed by atoms with van der Waals surface area (Å²) in [7, 11) is 3.48. The second-order valence-electron chi connectivity index (χ2n) is 4.70. The van der Waals surface area contributed by atoms with E-state index in [4.69, 9.17) is 11.6 Å². The van der Waals surface area contributed by atoms with Crippen LogP contribution in [-0.2, 0) is 20.1 Å². The Labute approximate surface area is 122 Å². The Morgan fingerprint density at radius 2 is 2.15 bits per heavy atom. The lowest BCUT2D eigenvalue weighted by Crippen LogP contribution is -2.27. The fourth-order valence-electron chi connectivity index (χ4n) is 1.88. The smallest absolute Gasteiger partial charge is 0.276 e. The van der Waals surface area contributed by atoms with Crippen molar-refractivity contribution in [3.8, 4) is 0 Å². The molecule has 108 valence electrons. The van der Waals surface area contributed by atoms with Crippen molar-refractivity contribution in [2.45, 2.75) is 26.9 Å². The molecule has 2 aromatic heterocycles. The summed E-state index contributed by atoms with van der Waals surface area (Å²) in [4.78, 5) is 13.9. The highest BCUT2D eigenvalue weighted by Gasteiger charge is 2.21. The van der Waals surface area contributed by atoms with Crippen molar-refractivity contribution in [3.63, 3.8) is 0 Å². The molecule has 6 nitrogen and oxygen atoms in total. The van der Waals surface area contributed by atoms with Gasteiger partial charge in [-0.05, 0) is 19.9 Å². The maximum absolute atomic E-state index is 12.3. The van der Waals surface area contributed by atoms with E-state index in [0.29, 0.717) is 11.6 Å². The van der Waals surface area contributed by atoms with Crippen LogP contribution in [0.5, 0.6) is 0 Å². The van der Waals surface area contributed by atoms with E-state index in [1.165, 1.54) is 0 Å². The minimum absolute atomic E-state index is 0.204. The van der Waals surface area contributed by atoms with Gasteiger partial charge in [-0.25, -0.2) is 0 Å². The number of hydrogen-bond acceptors (Lipinski definition) is 3. The summed E-state index contributed by atoms with van der Waals surface area (Å²) < 4.78 is 3.43. The zero-order valence-electron chi connectivity index (χ0n) is 12.1. The molecule has 0 aliphatic heterocycles. The molecule has 0 N–H and O–H groups in total. The molecule has 0 spiro atoms. The molecule has 0 bridgehead atoms. The fourth-order valence-corrected chi connectivity index (χ4v) is 2.12. The predicted molar refractivity (Wildman–Crippen MR) is 76.7 cm³/mol. The van der Waals surface area contributed by atoms with Gasteiger partial charge in [0.1, 0.15) is 0 Å². The minimum atomic E-state index is -0.204. The van der Waals surface area contributed by atoms with Gasteiger partial charge in [0, 0.05) is 26.8 Å². The molecule has 0 aliphatic rings. The van der Waals surface area contributed by atoms with Crippen molar-refractivity contribution in [2.24, 2.45) is 7.05 Å². The minimum Gasteiger partial charge on any atom is -0.334 e. The standard InChI is InChI=1S/C13H18ClN5O/c1-5-19-7-6-10(15-19)8-17(3)13(20)12-11(14)9(2)18(4)16-12/h6-7H,5,8H2,1-4H3. The highest BCUT2D eigenvalue weighted by molar-refractivity contribution is 6.34. The van der Waals surface area contributed by atoms with Crippen LogP contribution in [0.4, 0.5) is 0 Å². The van der Waals surface area contributed by atoms with Gasteiger partial charge in [0.15, 0.2) is 5.69 Å². The summed E-state index contributed by atoms with van der Waals surface area (Å²) in [5, 5.41) is 8.92. The van der Waals surface area contributed by atoms with E-state index in [-0.39, 0.29) is 11.6 Å². The van der Waals surface area contributed by atoms with Gasteiger partial charge >= 0.3 is 0 Å². The first-order chi connectivity index (χ1) is 9.43. The molecule has 2 heterocycles. The summed E-state index contributed by atoms with van der Waals surface area (Å²) in [5.74, 6) is -0.204. The maximum atomic E-state index is 12.3. The van der Waals surface area contributed by atoms with Gasteiger partial charge in [-0.1, -0.05) is 11.6 Å². The lowest BCUT2D eigenvalue weighted by molar-refractivity contribution is 0.0776. The first-order valence-corrected chi connectivity index (χ1v) is 6.78. The molecule has 0 saturated heterocycles. The Bertz CT molecular complexity index is 631. The van der Waals surface area contributed by atoms with Crippen molar-refractivity contribution in [2.75, 3.05) is 7.05 Å². The predicted octanol–water partition coefficient (Wildman–Crippen LogP) is 1.87. The van der Waals surface area contributed by atoms with E-state index < -0.39 is 0 Å². The quantitative estimate of drug-likeness (QED) is 0.865. The van der Waals surface area contributed by atoms with Crippen LogP contribution in [0.15, 0.2) is 12.3 Å². The Balaban J connectivity index is 2.14. The normalized spacial score (nSPS) is 10.8. The molecule has 0 fully saturated rings. The van der Waals surface area contributed by atoms with Crippen LogP contribution in [0.1, 0.15) is 28.8 Å². The fraction of sp³-hybridized carbons (Fsp3) is 0.462. The summed E-state index contributed by atoms with van der Waals surface area (Å²) in [6.07, 6.45) is 1.89. The molecule has 0 saturated carbocycles. The van der Waals surface area contributed by atoms with Crippen LogP contribution >= 0.6 is 11.6 Å². The van der Waals surface area contributed by atoms with Gasteiger partial charge in [-0.15, -0.1) is 0 Å². The molecule has 0 aromatic carbocycles. The number of aromatic nitrogens is 4. The van der Waals surface area contributed by atoms with Gasteiger partial charge in [0.2, 0.25) is 0 Å². The zero-order valence-corrected chi connectivity index (χ0v) is 12.8. The molecule has 0 atom stereocenters. The van der Waals surface area contributed by atoms with Crippen LogP contribution in [0.25, 0.3) is 0 Å². The molecule has 7 heteroatoms. The van der Waals surface area contributed by atoms with Crippen LogP contribution in [0.3, 0.4) is 0 Å². The molecule has 0 aliphatic carbocycles. The summed E-state index contributed by atoms with van der Waals surface area (Å²) in [6, 6.07) is 1.90. The Morgan fingerprint density at radius 1 is 1.45 bits per heavy atom. The maximum Gasteiger partial charge on any atom is 0.276 e. The van der Waals surface area contributed by atoms with Gasteiger partial charge in [-0.3, -0.25) is 14.2 Å². The number of carbonyl (C=O) groups excluding carboxylic acids is 1. The highest BCUT2D eigenvalue weighted by Crippen LogP contribution is 2.20. The van der Waals surface area contributed by atoms with Crippen LogP contribution in [0, 0.1) is 6.92 Å². The van der Waals surface area contributed by atoms with Gasteiger partial charge < -0.3 is 4.90 Å². The number of rotatable bonds is 4. The Hall–Kier alpha value is -1.82. The molecule has 2 rings (SSSR count). The van der Waals surface area contributed by atoms with E-state index in [9.17, 15) is 4.79 Å². The monoisotopic (exact) mass is 295 g/mol. The van der Waals surface area contributed by atoms with Crippen LogP contribution in [0.2, 0.25) is 5.02 Å². The van der Waals surface area contributed by atoms with E-state index >= 15 is 0 Å². The number of amides is 1. The molecule has 2 aromatic rings. The van der Waals surface area contributed by atoms with Crippen molar-refractivity contribution in [1.82, 2.24) is 24.5 Å². The average molecular weight is 296 g/mol. The van der Waals surface area contributed by atoms with E-state index in [1.54, 1.807) is 23.7 Å². The number of carbonyl (C=O) groups is 1. The average Bonchev–Trinajstić information content (AvgIpc) is 2.98. The van der Waals surface area contributed by atoms with E-state index in [0.717, 1.165) is 17.9 Å². The summed E-state index contributed by atoms with van der Waals surface area (Å²) in [6.45, 7) is 5.08. The number of halogens is 1. The van der Waals surface area contributed by atoms with Gasteiger partial charge in [0.05, 0.1) is 23.0 Å². The first kappa shape index (κ1) is 14.6. The second-order valence-corrected chi connectivity index (χ2v) is 5.07. The lowest BCUT2D eigenvalue weighted by atomic mass is 10.3. The molecule has 0 unspecified atom stereocenters. The van der Waals surface area contributed by atoms with Crippen molar-refractivity contribution < 1.29 is 4.79 Å². The largest absolute Gasteiger partial charge is 0.334 e. The highest BCUT2D eigenvalue weighted by atomic mass is 35.5. The molecule has 1 amide bonds. The Kier molecular flexibility index (Phi) is 4.13. The SMILES string of the molecule is CCn1ccc(CN(C)C(=O)c2nn(C)c(C)c2Cl)n1. The Morgan fingerprint density at radius 3 is 2.65 bits per heavy atom. The van der Waals surface area contributed by atoms with Crippen molar-refractivity contribution in [3.05, 3.63) is 34.4 Å². The molecular weight excluding hydrogens is 278 g/mol. The number of aryl methyl sites for hydroxylation is 2. The lowest BCUT2D eigenvalue weighted by Gasteiger charge is -2.14. The second kappa shape index (κ2) is 5.66. The third-order valence-electron chi connectivity index (χ3n) is 3.23. The van der Waals surface area contributed by atoms with Crippen LogP contribution < -0.4 is 0 Å². The van der Waals surface area contributed by atoms with Gasteiger partial charge in [-0.2, -0.15) is 10.2 Å². The zero-order chi connectivity index (χ0) is 14.9. The first-order valence-electron chi connectivity index (χ1n) is 6.41. The third-order valence-corrected chi connectivity index (χ3v) is 3.68. The molecule has 20 heavy (non-hydrogen) atoms. The van der Waals surface area contributed by atoms with Crippen molar-refractivity contribution in [1.29, 1.82) is 0 Å². The number of nitrogens with zero attached hydrogens (tertiary/aromatic N) is 5. The summed E-state index contributed by atoms with van der Waals surface area (Å²) >= 11 is 6.13. The van der Waals surface area contributed by atoms with Crippen LogP contribution in [-0.4, -0.2) is 37.4 Å². The topological polar surface area (TPSA) is 56.0 Å². The molecular formula is C13H18ClN5O. The molecule has 0 radical (unpaired) electrons. The van der Waals surface area contributed by atoms with Gasteiger partial charge in [0.25, 0.3) is 5.91 Å². The van der Waals surface area contributed by atoms with E-state index in [1.807, 2.05) is 30.8 Å².